The largest absolute Gasteiger partial charge is 0.352 e. The van der Waals surface area contributed by atoms with Crippen molar-refractivity contribution in [1.82, 2.24) is 15.5 Å². The first kappa shape index (κ1) is 23.6. The van der Waals surface area contributed by atoms with Crippen LogP contribution in [0.3, 0.4) is 0 Å². The van der Waals surface area contributed by atoms with Gasteiger partial charge >= 0.3 is 0 Å². The van der Waals surface area contributed by atoms with E-state index in [4.69, 9.17) is 0 Å². The van der Waals surface area contributed by atoms with Crippen LogP contribution in [0.2, 0.25) is 0 Å². The van der Waals surface area contributed by atoms with Crippen LogP contribution in [0.5, 0.6) is 0 Å². The van der Waals surface area contributed by atoms with Crippen molar-refractivity contribution in [3.8, 4) is 0 Å². The Kier molecular flexibility index (Phi) is 8.90. The Morgan fingerprint density at radius 1 is 1.10 bits per heavy atom. The summed E-state index contributed by atoms with van der Waals surface area (Å²) in [5, 5.41) is 6.45. The van der Waals surface area contributed by atoms with E-state index in [0.29, 0.717) is 13.1 Å². The Labute approximate surface area is 184 Å². The van der Waals surface area contributed by atoms with Crippen LogP contribution in [-0.2, 0) is 31.0 Å². The van der Waals surface area contributed by atoms with Crippen LogP contribution in [0.1, 0.15) is 35.1 Å². The maximum absolute atomic E-state index is 13.4. The van der Waals surface area contributed by atoms with Crippen molar-refractivity contribution in [2.75, 3.05) is 13.1 Å². The van der Waals surface area contributed by atoms with Gasteiger partial charge in [-0.25, -0.2) is 4.39 Å². The minimum atomic E-state index is -0.205. The van der Waals surface area contributed by atoms with Crippen molar-refractivity contribution in [1.29, 1.82) is 0 Å². The van der Waals surface area contributed by atoms with Gasteiger partial charge in [-0.3, -0.25) is 9.69 Å². The fourth-order valence-corrected chi connectivity index (χ4v) is 4.10. The third kappa shape index (κ3) is 6.16. The molecule has 2 aromatic carbocycles. The Hall–Kier alpha value is -1.66. The molecule has 2 aliphatic heterocycles. The number of carbonyl (C=O) groups excluding carboxylic acids is 1. The lowest BCUT2D eigenvalue weighted by Crippen LogP contribution is -2.42. The topological polar surface area (TPSA) is 44.4 Å². The second-order valence-electron chi connectivity index (χ2n) is 7.63. The molecule has 1 amide bonds. The van der Waals surface area contributed by atoms with Crippen LogP contribution in [-0.4, -0.2) is 23.9 Å². The second-order valence-corrected chi connectivity index (χ2v) is 7.63. The number of nitrogens with zero attached hydrogens (tertiary/aromatic N) is 1. The molecule has 2 aromatic rings. The van der Waals surface area contributed by atoms with Crippen LogP contribution in [0.4, 0.5) is 4.39 Å². The molecule has 2 aliphatic rings. The Morgan fingerprint density at radius 2 is 1.93 bits per heavy atom. The van der Waals surface area contributed by atoms with E-state index in [1.165, 1.54) is 17.2 Å². The summed E-state index contributed by atoms with van der Waals surface area (Å²) in [5.41, 5.74) is 4.80. The van der Waals surface area contributed by atoms with Crippen LogP contribution in [0, 0.1) is 11.7 Å². The fraction of sp³-hybridized carbons (Fsp3) is 0.409. The lowest BCUT2D eigenvalue weighted by Gasteiger charge is -2.32. The highest BCUT2D eigenvalue weighted by molar-refractivity contribution is 5.85. The standard InChI is InChI=1S/C22H26FN3O.2ClH/c23-21-5-1-3-17(10-21)14-26-8-2-4-19(15-26)22(27)25-11-16-6-7-18-12-24-13-20(18)9-16;;/h1,3,5-7,9-10,19,24H,2,4,8,11-15H2,(H,25,27);2*1H. The van der Waals surface area contributed by atoms with Gasteiger partial charge in [0, 0.05) is 32.7 Å². The van der Waals surface area contributed by atoms with Gasteiger partial charge in [-0.1, -0.05) is 30.3 Å². The number of hydrogen-bond donors (Lipinski definition) is 2. The molecule has 1 fully saturated rings. The predicted molar refractivity (Wildman–Crippen MR) is 118 cm³/mol. The average Bonchev–Trinajstić information content (AvgIpc) is 3.14. The summed E-state index contributed by atoms with van der Waals surface area (Å²) < 4.78 is 13.4. The zero-order chi connectivity index (χ0) is 18.6. The molecular formula is C22H28Cl2FN3O. The summed E-state index contributed by atoms with van der Waals surface area (Å²) in [4.78, 5) is 14.9. The third-order valence-electron chi connectivity index (χ3n) is 5.54. The normalized spacial score (nSPS) is 18.3. The summed E-state index contributed by atoms with van der Waals surface area (Å²) >= 11 is 0. The van der Waals surface area contributed by atoms with E-state index in [2.05, 4.69) is 33.7 Å². The van der Waals surface area contributed by atoms with Gasteiger partial charge in [0.2, 0.25) is 5.91 Å². The summed E-state index contributed by atoms with van der Waals surface area (Å²) in [5.74, 6) is -0.0793. The van der Waals surface area contributed by atoms with E-state index in [1.54, 1.807) is 12.1 Å². The minimum absolute atomic E-state index is 0. The van der Waals surface area contributed by atoms with E-state index in [-0.39, 0.29) is 42.5 Å². The van der Waals surface area contributed by atoms with Crippen LogP contribution in [0.15, 0.2) is 42.5 Å². The van der Waals surface area contributed by atoms with E-state index in [0.717, 1.165) is 50.1 Å². The molecule has 29 heavy (non-hydrogen) atoms. The van der Waals surface area contributed by atoms with Crippen LogP contribution < -0.4 is 10.6 Å². The first-order valence-electron chi connectivity index (χ1n) is 9.73. The molecule has 0 radical (unpaired) electrons. The third-order valence-corrected chi connectivity index (χ3v) is 5.54. The summed E-state index contributed by atoms with van der Waals surface area (Å²) in [6, 6.07) is 13.2. The van der Waals surface area contributed by atoms with Crippen LogP contribution >= 0.6 is 24.8 Å². The van der Waals surface area contributed by atoms with Gasteiger partial charge in [0.15, 0.2) is 0 Å². The minimum Gasteiger partial charge on any atom is -0.352 e. The van der Waals surface area contributed by atoms with Gasteiger partial charge in [-0.05, 0) is 53.8 Å². The molecule has 0 saturated carbocycles. The zero-order valence-corrected chi connectivity index (χ0v) is 18.0. The van der Waals surface area contributed by atoms with E-state index < -0.39 is 0 Å². The summed E-state index contributed by atoms with van der Waals surface area (Å²) in [6.07, 6.45) is 1.91. The number of carbonyl (C=O) groups is 1. The Balaban J connectivity index is 0.00000150. The smallest absolute Gasteiger partial charge is 0.224 e. The highest BCUT2D eigenvalue weighted by Gasteiger charge is 2.25. The molecule has 4 nitrogen and oxygen atoms in total. The molecule has 1 saturated heterocycles. The highest BCUT2D eigenvalue weighted by atomic mass is 35.5. The highest BCUT2D eigenvalue weighted by Crippen LogP contribution is 2.20. The van der Waals surface area contributed by atoms with E-state index >= 15 is 0 Å². The molecule has 158 valence electrons. The lowest BCUT2D eigenvalue weighted by molar-refractivity contribution is -0.126. The van der Waals surface area contributed by atoms with Gasteiger partial charge in [0.1, 0.15) is 5.82 Å². The molecular weight excluding hydrogens is 412 g/mol. The van der Waals surface area contributed by atoms with Crippen molar-refractivity contribution in [2.45, 2.75) is 39.0 Å². The van der Waals surface area contributed by atoms with Gasteiger partial charge < -0.3 is 10.6 Å². The fourth-order valence-electron chi connectivity index (χ4n) is 4.10. The first-order chi connectivity index (χ1) is 13.2. The van der Waals surface area contributed by atoms with Crippen molar-refractivity contribution in [2.24, 2.45) is 5.92 Å². The molecule has 2 heterocycles. The summed E-state index contributed by atoms with van der Waals surface area (Å²) in [6.45, 7) is 4.81. The Bertz CT molecular complexity index is 833. The molecule has 1 unspecified atom stereocenters. The van der Waals surface area contributed by atoms with E-state index in [1.807, 2.05) is 6.07 Å². The van der Waals surface area contributed by atoms with Gasteiger partial charge in [-0.15, -0.1) is 24.8 Å². The molecule has 0 spiro atoms. The molecule has 0 aliphatic carbocycles. The maximum atomic E-state index is 13.4. The van der Waals surface area contributed by atoms with Crippen LogP contribution in [0.25, 0.3) is 0 Å². The van der Waals surface area contributed by atoms with Crippen molar-refractivity contribution >= 4 is 30.7 Å². The molecule has 0 bridgehead atoms. The number of amides is 1. The van der Waals surface area contributed by atoms with E-state index in [9.17, 15) is 9.18 Å². The lowest BCUT2D eigenvalue weighted by atomic mass is 9.96. The van der Waals surface area contributed by atoms with Gasteiger partial charge in [-0.2, -0.15) is 0 Å². The second kappa shape index (κ2) is 10.9. The molecule has 2 N–H and O–H groups in total. The molecule has 4 rings (SSSR count). The SMILES string of the molecule is Cl.Cl.O=C(NCc1ccc2c(c1)CNC2)C1CCCN(Cc2cccc(F)c2)C1. The predicted octanol–water partition coefficient (Wildman–Crippen LogP) is 3.80. The number of rotatable bonds is 5. The maximum Gasteiger partial charge on any atom is 0.224 e. The number of halogens is 3. The van der Waals surface area contributed by atoms with Crippen molar-refractivity contribution in [3.05, 3.63) is 70.5 Å². The van der Waals surface area contributed by atoms with Gasteiger partial charge in [0.25, 0.3) is 0 Å². The quantitative estimate of drug-likeness (QED) is 0.744. The molecule has 7 heteroatoms. The Morgan fingerprint density at radius 3 is 2.76 bits per heavy atom. The molecule has 1 atom stereocenters. The number of hydrogen-bond acceptors (Lipinski definition) is 3. The number of nitrogens with one attached hydrogen (secondary N) is 2. The molecule has 0 aromatic heterocycles. The number of benzene rings is 2. The van der Waals surface area contributed by atoms with Crippen molar-refractivity contribution in [3.63, 3.8) is 0 Å². The zero-order valence-electron chi connectivity index (χ0n) is 16.3. The number of likely N-dealkylation sites (tertiary alicyclic amines) is 1. The summed E-state index contributed by atoms with van der Waals surface area (Å²) in [7, 11) is 0. The number of piperidine rings is 1. The number of fused-ring (bicyclic) bond motifs is 1. The first-order valence-corrected chi connectivity index (χ1v) is 9.73. The monoisotopic (exact) mass is 439 g/mol. The average molecular weight is 440 g/mol. The van der Waals surface area contributed by atoms with Gasteiger partial charge in [0.05, 0.1) is 5.92 Å². The van der Waals surface area contributed by atoms with Crippen molar-refractivity contribution < 1.29 is 9.18 Å².